The van der Waals surface area contributed by atoms with E-state index in [1.54, 1.807) is 6.07 Å². The van der Waals surface area contributed by atoms with E-state index in [0.29, 0.717) is 11.5 Å². The molecule has 0 unspecified atom stereocenters. The zero-order valence-electron chi connectivity index (χ0n) is 10.8. The number of amides is 1. The Morgan fingerprint density at radius 2 is 1.90 bits per heavy atom. The molecule has 0 saturated heterocycles. The maximum Gasteiger partial charge on any atom is 0.322 e. The molecule has 110 valence electrons. The highest BCUT2D eigenvalue weighted by Crippen LogP contribution is 2.15. The third-order valence-electron chi connectivity index (χ3n) is 2.48. The van der Waals surface area contributed by atoms with Crippen LogP contribution in [-0.2, 0) is 11.4 Å². The first-order valence-electron chi connectivity index (χ1n) is 6.01. The minimum atomic E-state index is -1.14. The predicted molar refractivity (Wildman–Crippen MR) is 69.4 cm³/mol. The fourth-order valence-electron chi connectivity index (χ4n) is 1.51. The molecule has 0 bridgehead atoms. The Hall–Kier alpha value is -2.83. The van der Waals surface area contributed by atoms with Crippen LogP contribution in [-0.4, -0.2) is 23.5 Å². The van der Waals surface area contributed by atoms with Gasteiger partial charge in [-0.3, -0.25) is 9.59 Å². The second-order valence-electron chi connectivity index (χ2n) is 4.08. The molecule has 6 nitrogen and oxygen atoms in total. The third-order valence-corrected chi connectivity index (χ3v) is 2.48. The molecule has 1 amide bonds. The maximum atomic E-state index is 12.7. The van der Waals surface area contributed by atoms with Crippen molar-refractivity contribution in [3.05, 3.63) is 53.7 Å². The van der Waals surface area contributed by atoms with Crippen molar-refractivity contribution in [2.24, 2.45) is 0 Å². The molecular weight excluding hydrogens is 281 g/mol. The van der Waals surface area contributed by atoms with E-state index in [1.807, 2.05) is 0 Å². The number of carboxylic acid groups (broad SMARTS) is 1. The molecule has 0 aliphatic heterocycles. The van der Waals surface area contributed by atoms with Gasteiger partial charge in [0.25, 0.3) is 5.91 Å². The minimum absolute atomic E-state index is 0.00560. The highest BCUT2D eigenvalue weighted by Gasteiger charge is 2.12. The number of nitrogens with one attached hydrogen (secondary N) is 1. The van der Waals surface area contributed by atoms with E-state index >= 15 is 0 Å². The lowest BCUT2D eigenvalue weighted by molar-refractivity contribution is -0.135. The summed E-state index contributed by atoms with van der Waals surface area (Å²) in [7, 11) is 0. The van der Waals surface area contributed by atoms with Crippen molar-refractivity contribution in [1.29, 1.82) is 0 Å². The van der Waals surface area contributed by atoms with Crippen molar-refractivity contribution < 1.29 is 28.2 Å². The molecule has 2 aromatic rings. The molecule has 1 aromatic heterocycles. The van der Waals surface area contributed by atoms with Gasteiger partial charge >= 0.3 is 5.97 Å². The summed E-state index contributed by atoms with van der Waals surface area (Å²) in [6.45, 7) is -0.418. The van der Waals surface area contributed by atoms with Gasteiger partial charge < -0.3 is 19.6 Å². The van der Waals surface area contributed by atoms with E-state index < -0.39 is 18.4 Å². The highest BCUT2D eigenvalue weighted by molar-refractivity contribution is 5.93. The van der Waals surface area contributed by atoms with Gasteiger partial charge in [0.1, 0.15) is 30.5 Å². The van der Waals surface area contributed by atoms with Crippen LogP contribution < -0.4 is 10.1 Å². The zero-order valence-corrected chi connectivity index (χ0v) is 10.8. The Morgan fingerprint density at radius 1 is 1.19 bits per heavy atom. The zero-order chi connectivity index (χ0) is 15.2. The predicted octanol–water partition coefficient (Wildman–Crippen LogP) is 1.81. The van der Waals surface area contributed by atoms with E-state index in [1.165, 1.54) is 30.3 Å². The van der Waals surface area contributed by atoms with Gasteiger partial charge in [-0.05, 0) is 36.4 Å². The molecule has 2 rings (SSSR count). The standard InChI is InChI=1S/C14H12FNO5/c15-9-1-3-10(4-2-9)20-8-11-5-6-12(21-11)14(19)16-7-13(17)18/h1-6H,7-8H2,(H,16,19)(H,17,18). The molecule has 7 heteroatoms. The summed E-state index contributed by atoms with van der Waals surface area (Å²) in [4.78, 5) is 21.9. The molecule has 0 atom stereocenters. The Bertz CT molecular complexity index is 635. The van der Waals surface area contributed by atoms with Gasteiger partial charge in [0.2, 0.25) is 0 Å². The summed E-state index contributed by atoms with van der Waals surface area (Å²) in [5, 5.41) is 10.6. The second kappa shape index (κ2) is 6.56. The van der Waals surface area contributed by atoms with Gasteiger partial charge in [0.15, 0.2) is 5.76 Å². The smallest absolute Gasteiger partial charge is 0.322 e. The van der Waals surface area contributed by atoms with Crippen molar-refractivity contribution >= 4 is 11.9 Å². The van der Waals surface area contributed by atoms with Crippen LogP contribution in [0, 0.1) is 5.82 Å². The lowest BCUT2D eigenvalue weighted by Gasteiger charge is -2.03. The first-order chi connectivity index (χ1) is 10.0. The van der Waals surface area contributed by atoms with E-state index in [4.69, 9.17) is 14.3 Å². The van der Waals surface area contributed by atoms with Gasteiger partial charge in [-0.15, -0.1) is 0 Å². The first-order valence-corrected chi connectivity index (χ1v) is 6.01. The van der Waals surface area contributed by atoms with Crippen molar-refractivity contribution in [1.82, 2.24) is 5.32 Å². The summed E-state index contributed by atoms with van der Waals surface area (Å²) in [6.07, 6.45) is 0. The van der Waals surface area contributed by atoms with Gasteiger partial charge in [-0.25, -0.2) is 4.39 Å². The van der Waals surface area contributed by atoms with Gasteiger partial charge in [0.05, 0.1) is 0 Å². The molecule has 0 fully saturated rings. The molecule has 21 heavy (non-hydrogen) atoms. The summed E-state index contributed by atoms with van der Waals surface area (Å²) in [6, 6.07) is 8.43. The number of hydrogen-bond acceptors (Lipinski definition) is 4. The highest BCUT2D eigenvalue weighted by atomic mass is 19.1. The number of carbonyl (C=O) groups excluding carboxylic acids is 1. The Labute approximate surface area is 119 Å². The van der Waals surface area contributed by atoms with E-state index in [-0.39, 0.29) is 18.2 Å². The van der Waals surface area contributed by atoms with Crippen molar-refractivity contribution in [3.8, 4) is 5.75 Å². The maximum absolute atomic E-state index is 12.7. The summed E-state index contributed by atoms with van der Waals surface area (Å²) in [5.41, 5.74) is 0. The molecule has 1 heterocycles. The van der Waals surface area contributed by atoms with Crippen LogP contribution in [0.1, 0.15) is 16.3 Å². The lowest BCUT2D eigenvalue weighted by Crippen LogP contribution is -2.28. The average Bonchev–Trinajstić information content (AvgIpc) is 2.93. The van der Waals surface area contributed by atoms with E-state index in [9.17, 15) is 14.0 Å². The molecule has 1 aromatic carbocycles. The van der Waals surface area contributed by atoms with Gasteiger partial charge in [0, 0.05) is 0 Å². The normalized spacial score (nSPS) is 10.1. The van der Waals surface area contributed by atoms with Crippen LogP contribution in [0.15, 0.2) is 40.8 Å². The number of benzene rings is 1. The molecule has 0 aliphatic carbocycles. The van der Waals surface area contributed by atoms with E-state index in [2.05, 4.69) is 5.32 Å². The SMILES string of the molecule is O=C(O)CNC(=O)c1ccc(COc2ccc(F)cc2)o1. The topological polar surface area (TPSA) is 88.8 Å². The van der Waals surface area contributed by atoms with Crippen LogP contribution in [0.25, 0.3) is 0 Å². The second-order valence-corrected chi connectivity index (χ2v) is 4.08. The fourth-order valence-corrected chi connectivity index (χ4v) is 1.51. The van der Waals surface area contributed by atoms with Crippen LogP contribution in [0.4, 0.5) is 4.39 Å². The lowest BCUT2D eigenvalue weighted by atomic mass is 10.3. The first kappa shape index (κ1) is 14.6. The third kappa shape index (κ3) is 4.34. The van der Waals surface area contributed by atoms with E-state index in [0.717, 1.165) is 0 Å². The van der Waals surface area contributed by atoms with Crippen LogP contribution in [0.2, 0.25) is 0 Å². The average molecular weight is 293 g/mol. The van der Waals surface area contributed by atoms with Crippen molar-refractivity contribution in [2.75, 3.05) is 6.54 Å². The number of ether oxygens (including phenoxy) is 1. The van der Waals surface area contributed by atoms with Crippen molar-refractivity contribution in [3.63, 3.8) is 0 Å². The number of carbonyl (C=O) groups is 2. The van der Waals surface area contributed by atoms with Crippen LogP contribution in [0.5, 0.6) is 5.75 Å². The molecule has 0 aliphatic rings. The molecule has 0 saturated carbocycles. The van der Waals surface area contributed by atoms with Gasteiger partial charge in [-0.1, -0.05) is 0 Å². The van der Waals surface area contributed by atoms with Crippen LogP contribution in [0.3, 0.4) is 0 Å². The fraction of sp³-hybridized carbons (Fsp3) is 0.143. The monoisotopic (exact) mass is 293 g/mol. The summed E-state index contributed by atoms with van der Waals surface area (Å²) >= 11 is 0. The largest absolute Gasteiger partial charge is 0.486 e. The number of hydrogen-bond donors (Lipinski definition) is 2. The molecule has 2 N–H and O–H groups in total. The summed E-state index contributed by atoms with van der Waals surface area (Å²) in [5.74, 6) is -1.28. The van der Waals surface area contributed by atoms with Crippen LogP contribution >= 0.6 is 0 Å². The van der Waals surface area contributed by atoms with Crippen molar-refractivity contribution in [2.45, 2.75) is 6.61 Å². The Kier molecular flexibility index (Phi) is 4.55. The summed E-state index contributed by atoms with van der Waals surface area (Å²) < 4.78 is 23.3. The molecular formula is C14H12FNO5. The molecule has 0 spiro atoms. The number of rotatable bonds is 6. The molecule has 0 radical (unpaired) electrons. The number of furan rings is 1. The number of halogens is 1. The quantitative estimate of drug-likeness (QED) is 0.848. The number of carboxylic acids is 1. The Balaban J connectivity index is 1.89. The Morgan fingerprint density at radius 3 is 2.57 bits per heavy atom. The number of aliphatic carboxylic acids is 1. The van der Waals surface area contributed by atoms with Gasteiger partial charge in [-0.2, -0.15) is 0 Å². The minimum Gasteiger partial charge on any atom is -0.486 e.